The van der Waals surface area contributed by atoms with Gasteiger partial charge in [0, 0.05) is 29.7 Å². The summed E-state index contributed by atoms with van der Waals surface area (Å²) in [7, 11) is -1.74. The van der Waals surface area contributed by atoms with Gasteiger partial charge in [-0.1, -0.05) is 40.8 Å². The molecule has 1 amide bonds. The van der Waals surface area contributed by atoms with E-state index < -0.39 is 10.0 Å². The topological polar surface area (TPSA) is 66.9 Å². The third-order valence-corrected chi connectivity index (χ3v) is 7.96. The summed E-state index contributed by atoms with van der Waals surface area (Å²) in [6.07, 6.45) is 0.628. The molecule has 0 aliphatic carbocycles. The zero-order valence-corrected chi connectivity index (χ0v) is 18.1. The van der Waals surface area contributed by atoms with E-state index >= 15 is 0 Å². The number of ether oxygens (including phenoxy) is 1. The molecule has 29 heavy (non-hydrogen) atoms. The number of rotatable bonds is 3. The molecule has 2 aliphatic rings. The second-order valence-corrected chi connectivity index (χ2v) is 10.0. The normalized spacial score (nSPS) is 18.4. The van der Waals surface area contributed by atoms with Gasteiger partial charge in [0.2, 0.25) is 10.0 Å². The number of benzene rings is 2. The van der Waals surface area contributed by atoms with Crippen LogP contribution in [0.4, 0.5) is 10.5 Å². The quantitative estimate of drug-likeness (QED) is 0.671. The van der Waals surface area contributed by atoms with Crippen LogP contribution in [0.1, 0.15) is 18.4 Å². The number of sulfonamides is 1. The molecule has 1 saturated heterocycles. The summed E-state index contributed by atoms with van der Waals surface area (Å²) in [5.41, 5.74) is 2.91. The first kappa shape index (κ1) is 20.5. The molecule has 2 heterocycles. The second-order valence-electron chi connectivity index (χ2n) is 7.27. The fourth-order valence-electron chi connectivity index (χ4n) is 3.88. The summed E-state index contributed by atoms with van der Waals surface area (Å²) in [6, 6.07) is 10.1. The lowest BCUT2D eigenvalue weighted by molar-refractivity contribution is 0.136. The van der Waals surface area contributed by atoms with Crippen molar-refractivity contribution in [2.75, 3.05) is 18.0 Å². The fraction of sp³-hybridized carbons (Fsp3) is 0.316. The maximum atomic E-state index is 13.0. The minimum Gasteiger partial charge on any atom is -0.444 e. The Labute approximate surface area is 180 Å². The van der Waals surface area contributed by atoms with Crippen molar-refractivity contribution in [1.29, 1.82) is 0 Å². The van der Waals surface area contributed by atoms with Gasteiger partial charge in [0.05, 0.1) is 10.7 Å². The Hall–Kier alpha value is -1.74. The van der Waals surface area contributed by atoms with Crippen LogP contribution in [0.15, 0.2) is 41.3 Å². The lowest BCUT2D eigenvalue weighted by Gasteiger charge is -2.40. The molecule has 2 aliphatic heterocycles. The van der Waals surface area contributed by atoms with Crippen molar-refractivity contribution in [2.24, 2.45) is 0 Å². The van der Waals surface area contributed by atoms with Crippen molar-refractivity contribution < 1.29 is 17.9 Å². The van der Waals surface area contributed by atoms with Crippen molar-refractivity contribution in [3.05, 3.63) is 52.0 Å². The van der Waals surface area contributed by atoms with E-state index in [-0.39, 0.29) is 41.7 Å². The fourth-order valence-corrected chi connectivity index (χ4v) is 6.10. The van der Waals surface area contributed by atoms with Crippen LogP contribution in [-0.4, -0.2) is 45.8 Å². The molecule has 0 radical (unpaired) electrons. The molecule has 1 fully saturated rings. The number of cyclic esters (lactones) is 1. The Bertz CT molecular complexity index is 1070. The van der Waals surface area contributed by atoms with Gasteiger partial charge in [-0.3, -0.25) is 4.90 Å². The Morgan fingerprint density at radius 3 is 2.48 bits per heavy atom. The minimum atomic E-state index is -3.74. The number of nitrogens with zero attached hydrogens (tertiary/aromatic N) is 2. The Balaban J connectivity index is 1.53. The van der Waals surface area contributed by atoms with Crippen molar-refractivity contribution in [3.8, 4) is 0 Å². The summed E-state index contributed by atoms with van der Waals surface area (Å²) in [5, 5.41) is 0.480. The molecular formula is C19H19BCl2N2O4S. The van der Waals surface area contributed by atoms with Crippen LogP contribution < -0.4 is 10.4 Å². The number of fused-ring (bicyclic) bond motifs is 1. The first-order valence-corrected chi connectivity index (χ1v) is 11.5. The number of carbonyl (C=O) groups excluding carboxylic acids is 1. The van der Waals surface area contributed by atoms with Crippen molar-refractivity contribution in [2.45, 2.75) is 30.4 Å². The average molecular weight is 453 g/mol. The van der Waals surface area contributed by atoms with Gasteiger partial charge < -0.3 is 4.74 Å². The van der Waals surface area contributed by atoms with Crippen molar-refractivity contribution >= 4 is 58.3 Å². The van der Waals surface area contributed by atoms with Crippen molar-refractivity contribution in [3.63, 3.8) is 0 Å². The lowest BCUT2D eigenvalue weighted by atomic mass is 9.92. The molecule has 2 aromatic carbocycles. The molecule has 2 aromatic rings. The van der Waals surface area contributed by atoms with Crippen LogP contribution in [0, 0.1) is 0 Å². The third-order valence-electron chi connectivity index (χ3n) is 5.34. The van der Waals surface area contributed by atoms with E-state index in [1.165, 1.54) is 22.5 Å². The SMILES string of the molecule is Bc1ccc2c(c1)COC(=O)N2C1CCN(S(=O)(=O)c2ccc(Cl)cc2Cl)CC1. The van der Waals surface area contributed by atoms with E-state index in [0.717, 1.165) is 16.7 Å². The standard InChI is InChI=1S/C19H19BCl2N2O4S/c20-13-1-3-17-12(9-13)11-28-19(25)24(17)15-5-7-23(8-6-15)29(26,27)18-4-2-14(21)10-16(18)22/h1-4,9-10,15H,5-8,11,20H2. The molecule has 0 unspecified atom stereocenters. The Morgan fingerprint density at radius 1 is 1.07 bits per heavy atom. The number of amides is 1. The molecule has 0 bridgehead atoms. The Kier molecular flexibility index (Phi) is 5.55. The van der Waals surface area contributed by atoms with Crippen LogP contribution in [0.25, 0.3) is 0 Å². The van der Waals surface area contributed by atoms with E-state index in [1.807, 2.05) is 26.0 Å². The van der Waals surface area contributed by atoms with Gasteiger partial charge in [-0.05, 0) is 37.1 Å². The lowest BCUT2D eigenvalue weighted by Crippen LogP contribution is -2.50. The monoisotopic (exact) mass is 452 g/mol. The number of carbonyl (C=O) groups is 1. The molecule has 10 heteroatoms. The highest BCUT2D eigenvalue weighted by Crippen LogP contribution is 2.33. The van der Waals surface area contributed by atoms with E-state index in [9.17, 15) is 13.2 Å². The number of hydrogen-bond acceptors (Lipinski definition) is 4. The maximum Gasteiger partial charge on any atom is 0.414 e. The number of piperidine rings is 1. The average Bonchev–Trinajstić information content (AvgIpc) is 2.68. The summed E-state index contributed by atoms with van der Waals surface area (Å²) in [4.78, 5) is 14.2. The smallest absolute Gasteiger partial charge is 0.414 e. The second kappa shape index (κ2) is 7.83. The van der Waals surface area contributed by atoms with E-state index in [2.05, 4.69) is 0 Å². The van der Waals surface area contributed by atoms with Crippen LogP contribution in [0.2, 0.25) is 10.0 Å². The Morgan fingerprint density at radius 2 is 1.79 bits per heavy atom. The molecule has 0 saturated carbocycles. The summed E-state index contributed by atoms with van der Waals surface area (Å²) >= 11 is 12.0. The third kappa shape index (κ3) is 3.86. The molecular weight excluding hydrogens is 434 g/mol. The molecule has 4 rings (SSSR count). The van der Waals surface area contributed by atoms with Crippen LogP contribution >= 0.6 is 23.2 Å². The van der Waals surface area contributed by atoms with Gasteiger partial charge in [-0.25, -0.2) is 13.2 Å². The molecule has 6 nitrogen and oxygen atoms in total. The van der Waals surface area contributed by atoms with E-state index in [4.69, 9.17) is 27.9 Å². The first-order valence-electron chi connectivity index (χ1n) is 9.28. The molecule has 0 spiro atoms. The minimum absolute atomic E-state index is 0.0419. The highest BCUT2D eigenvalue weighted by Gasteiger charge is 2.37. The number of anilines is 1. The van der Waals surface area contributed by atoms with Crippen molar-refractivity contribution in [1.82, 2.24) is 4.31 Å². The highest BCUT2D eigenvalue weighted by atomic mass is 35.5. The van der Waals surface area contributed by atoms with Gasteiger partial charge in [0.1, 0.15) is 19.3 Å². The number of hydrogen-bond donors (Lipinski definition) is 0. The predicted molar refractivity (Wildman–Crippen MR) is 116 cm³/mol. The molecule has 0 N–H and O–H groups in total. The van der Waals surface area contributed by atoms with E-state index in [0.29, 0.717) is 17.9 Å². The van der Waals surface area contributed by atoms with Gasteiger partial charge in [-0.15, -0.1) is 0 Å². The largest absolute Gasteiger partial charge is 0.444 e. The van der Waals surface area contributed by atoms with Crippen LogP contribution in [0.3, 0.4) is 0 Å². The summed E-state index contributed by atoms with van der Waals surface area (Å²) in [5.74, 6) is 0. The van der Waals surface area contributed by atoms with Gasteiger partial charge in [-0.2, -0.15) is 4.31 Å². The maximum absolute atomic E-state index is 13.0. The number of halogens is 2. The summed E-state index contributed by atoms with van der Waals surface area (Å²) < 4.78 is 32.7. The van der Waals surface area contributed by atoms with Gasteiger partial charge >= 0.3 is 6.09 Å². The van der Waals surface area contributed by atoms with Crippen LogP contribution in [0.5, 0.6) is 0 Å². The molecule has 0 atom stereocenters. The first-order chi connectivity index (χ1) is 13.8. The highest BCUT2D eigenvalue weighted by molar-refractivity contribution is 7.89. The van der Waals surface area contributed by atoms with Gasteiger partial charge in [0.15, 0.2) is 0 Å². The molecule has 0 aromatic heterocycles. The van der Waals surface area contributed by atoms with E-state index in [1.54, 1.807) is 4.90 Å². The van der Waals surface area contributed by atoms with Gasteiger partial charge in [0.25, 0.3) is 0 Å². The molecule has 152 valence electrons. The van der Waals surface area contributed by atoms with Crippen LogP contribution in [-0.2, 0) is 21.4 Å². The summed E-state index contributed by atoms with van der Waals surface area (Å²) in [6.45, 7) is 0.836. The predicted octanol–water partition coefficient (Wildman–Crippen LogP) is 2.56. The zero-order valence-electron chi connectivity index (χ0n) is 15.8. The zero-order chi connectivity index (χ0) is 20.8.